The number of fused-ring (bicyclic) bond motifs is 2. The number of alkyl halides is 2. The first kappa shape index (κ1) is 34.8. The maximum Gasteiger partial charge on any atom is 0.335 e. The summed E-state index contributed by atoms with van der Waals surface area (Å²) in [6, 6.07) is 6.48. The van der Waals surface area contributed by atoms with E-state index in [1.54, 1.807) is 10.7 Å². The van der Waals surface area contributed by atoms with Gasteiger partial charge in [0.1, 0.15) is 23.7 Å². The van der Waals surface area contributed by atoms with E-state index in [2.05, 4.69) is 10.00 Å². The van der Waals surface area contributed by atoms with E-state index in [4.69, 9.17) is 36.8 Å². The number of aryl methyl sites for hydroxylation is 1. The van der Waals surface area contributed by atoms with Gasteiger partial charge in [-0.3, -0.25) is 4.90 Å². The van der Waals surface area contributed by atoms with Gasteiger partial charge in [-0.1, -0.05) is 23.7 Å². The van der Waals surface area contributed by atoms with Gasteiger partial charge in [-0.15, -0.1) is 11.3 Å². The van der Waals surface area contributed by atoms with Gasteiger partial charge < -0.3 is 30.1 Å². The first-order valence-electron chi connectivity index (χ1n) is 13.9. The Balaban J connectivity index is 0.000000399. The Kier molecular flexibility index (Phi) is 10.6. The summed E-state index contributed by atoms with van der Waals surface area (Å²) < 4.78 is 51.4. The highest BCUT2D eigenvalue weighted by Crippen LogP contribution is 2.52. The monoisotopic (exact) mass is 674 g/mol. The zero-order chi connectivity index (χ0) is 33.3. The summed E-state index contributed by atoms with van der Waals surface area (Å²) in [6.45, 7) is 3.94. The van der Waals surface area contributed by atoms with Crippen LogP contribution >= 0.6 is 22.9 Å². The van der Waals surface area contributed by atoms with Gasteiger partial charge in [-0.05, 0) is 51.6 Å². The summed E-state index contributed by atoms with van der Waals surface area (Å²) >= 11 is 7.32. The van der Waals surface area contributed by atoms with Crippen molar-refractivity contribution in [3.05, 3.63) is 67.9 Å². The molecule has 11 nitrogen and oxygen atoms in total. The van der Waals surface area contributed by atoms with E-state index >= 15 is 0 Å². The Bertz CT molecular complexity index is 1520. The van der Waals surface area contributed by atoms with Gasteiger partial charge in [0.2, 0.25) is 0 Å². The number of aromatic nitrogens is 2. The zero-order valence-electron chi connectivity index (χ0n) is 24.7. The van der Waals surface area contributed by atoms with Crippen LogP contribution in [0.2, 0.25) is 4.34 Å². The number of likely N-dealkylation sites (tertiary alicyclic amines) is 1. The molecule has 5 rings (SSSR count). The van der Waals surface area contributed by atoms with Gasteiger partial charge in [-0.25, -0.2) is 18.7 Å². The molecule has 3 aromatic rings. The number of para-hydroxylation sites is 1. The minimum absolute atomic E-state index is 0.0164. The van der Waals surface area contributed by atoms with Crippen molar-refractivity contribution in [1.82, 2.24) is 19.6 Å². The lowest BCUT2D eigenvalue weighted by molar-refractivity contribution is -0.182. The van der Waals surface area contributed by atoms with E-state index in [0.717, 1.165) is 16.8 Å². The van der Waals surface area contributed by atoms with E-state index in [1.807, 2.05) is 38.2 Å². The lowest BCUT2D eigenvalue weighted by atomic mass is 9.84. The molecular formula is C29H34ClF3N4O7S. The highest BCUT2D eigenvalue weighted by molar-refractivity contribution is 7.16. The number of aliphatic carboxylic acids is 2. The van der Waals surface area contributed by atoms with Crippen LogP contribution in [0.25, 0.3) is 5.69 Å². The molecule has 2 aromatic heterocycles. The van der Waals surface area contributed by atoms with Crippen LogP contribution in [-0.4, -0.2) is 97.9 Å². The summed E-state index contributed by atoms with van der Waals surface area (Å²) in [6.07, 6.45) is -1.41. The average Bonchev–Trinajstić information content (AvgIpc) is 3.54. The first-order valence-corrected chi connectivity index (χ1v) is 15.1. The van der Waals surface area contributed by atoms with Gasteiger partial charge in [0.05, 0.1) is 10.0 Å². The van der Waals surface area contributed by atoms with E-state index in [0.29, 0.717) is 53.9 Å². The maximum atomic E-state index is 14.8. The molecule has 45 heavy (non-hydrogen) atoms. The summed E-state index contributed by atoms with van der Waals surface area (Å²) in [7, 11) is 3.89. The quantitative estimate of drug-likeness (QED) is 0.279. The Hall–Kier alpha value is -3.05. The zero-order valence-corrected chi connectivity index (χ0v) is 26.3. The van der Waals surface area contributed by atoms with Crippen LogP contribution in [-0.2, 0) is 38.9 Å². The molecule has 2 aliphatic rings. The number of carbonyl (C=O) groups is 2. The number of nitrogens with zero attached hydrogens (tertiary/aromatic N) is 4. The van der Waals surface area contributed by atoms with Crippen LogP contribution in [0.3, 0.4) is 0 Å². The van der Waals surface area contributed by atoms with Crippen molar-refractivity contribution in [3.63, 3.8) is 0 Å². The molecule has 1 aromatic carbocycles. The van der Waals surface area contributed by atoms with Gasteiger partial charge in [-0.2, -0.15) is 13.9 Å². The van der Waals surface area contributed by atoms with Gasteiger partial charge >= 0.3 is 11.9 Å². The third-order valence-corrected chi connectivity index (χ3v) is 9.14. The fourth-order valence-electron chi connectivity index (χ4n) is 5.35. The molecule has 246 valence electrons. The second-order valence-electron chi connectivity index (χ2n) is 11.3. The van der Waals surface area contributed by atoms with E-state index in [-0.39, 0.29) is 11.4 Å². The molecular weight excluding hydrogens is 641 g/mol. The molecule has 1 spiro atoms. The Morgan fingerprint density at radius 1 is 1.13 bits per heavy atom. The number of benzene rings is 1. The maximum absolute atomic E-state index is 14.8. The Morgan fingerprint density at radius 3 is 2.33 bits per heavy atom. The Labute approximate surface area is 266 Å². The third-order valence-electron chi connectivity index (χ3n) is 7.69. The molecule has 2 aliphatic heterocycles. The number of carboxylic acid groups (broad SMARTS) is 2. The van der Waals surface area contributed by atoms with Gasteiger partial charge in [0.15, 0.2) is 12.2 Å². The largest absolute Gasteiger partial charge is 0.479 e. The van der Waals surface area contributed by atoms with Crippen molar-refractivity contribution in [1.29, 1.82) is 0 Å². The van der Waals surface area contributed by atoms with Crippen molar-refractivity contribution < 1.29 is 47.9 Å². The number of aliphatic hydroxyl groups excluding tert-OH is 2. The fourth-order valence-corrected chi connectivity index (χ4v) is 6.83. The van der Waals surface area contributed by atoms with Crippen molar-refractivity contribution in [2.24, 2.45) is 0 Å². The minimum Gasteiger partial charge on any atom is -0.479 e. The van der Waals surface area contributed by atoms with Crippen molar-refractivity contribution in [2.45, 2.75) is 56.6 Å². The van der Waals surface area contributed by atoms with Crippen molar-refractivity contribution >= 4 is 34.9 Å². The second-order valence-corrected chi connectivity index (χ2v) is 13.0. The summed E-state index contributed by atoms with van der Waals surface area (Å²) in [4.78, 5) is 24.4. The number of rotatable bonds is 8. The van der Waals surface area contributed by atoms with Crippen LogP contribution in [0.15, 0.2) is 30.5 Å². The van der Waals surface area contributed by atoms with Crippen molar-refractivity contribution in [3.8, 4) is 5.69 Å². The third kappa shape index (κ3) is 7.68. The van der Waals surface area contributed by atoms with E-state index < -0.39 is 42.3 Å². The molecule has 0 unspecified atom stereocenters. The molecule has 1 saturated heterocycles. The molecule has 0 bridgehead atoms. The Morgan fingerprint density at radius 2 is 1.76 bits per heavy atom. The molecule has 16 heteroatoms. The number of piperidine rings is 1. The smallest absolute Gasteiger partial charge is 0.335 e. The normalized spacial score (nSPS) is 18.6. The fraction of sp³-hybridized carbons (Fsp3) is 0.483. The van der Waals surface area contributed by atoms with Crippen LogP contribution in [0.4, 0.5) is 13.2 Å². The van der Waals surface area contributed by atoms with Crippen LogP contribution in [0.5, 0.6) is 0 Å². The summed E-state index contributed by atoms with van der Waals surface area (Å²) in [5.41, 5.74) is 2.48. The molecule has 0 amide bonds. The number of halogens is 4. The highest BCUT2D eigenvalue weighted by atomic mass is 35.5. The van der Waals surface area contributed by atoms with Gasteiger partial charge in [0.25, 0.3) is 5.92 Å². The van der Waals surface area contributed by atoms with Crippen LogP contribution < -0.4 is 0 Å². The van der Waals surface area contributed by atoms with Crippen molar-refractivity contribution in [2.75, 3.05) is 33.8 Å². The lowest BCUT2D eigenvalue weighted by Crippen LogP contribution is -2.48. The predicted octanol–water partition coefficient (Wildman–Crippen LogP) is 3.59. The topological polar surface area (TPSA) is 149 Å². The predicted molar refractivity (Wildman–Crippen MR) is 158 cm³/mol. The average molecular weight is 675 g/mol. The van der Waals surface area contributed by atoms with Gasteiger partial charge in [0, 0.05) is 48.4 Å². The lowest BCUT2D eigenvalue weighted by Gasteiger charge is -2.45. The summed E-state index contributed by atoms with van der Waals surface area (Å²) in [5.74, 6) is -6.86. The molecule has 0 radical (unpaired) electrons. The first-order chi connectivity index (χ1) is 21.0. The number of carboxylic acids is 2. The standard InChI is InChI=1S/C25H28ClF3N4OS.C4H6O6/c1-16-18(14-33(30-16)22-17(12-31(2)3)5-4-6-20(22)27)13-32-9-7-24(8-10-32)23-19(11-21(26)35-23)25(28,29)15-34-24;5-1(3(7)8)2(6)4(9)10/h4-6,11,14H,7-10,12-13,15H2,1-3H3;1-2,5-6H,(H,7,8)(H,9,10)/t;1-,2-/m.1/s1. The number of hydrogen-bond acceptors (Lipinski definition) is 9. The van der Waals surface area contributed by atoms with E-state index in [1.165, 1.54) is 23.5 Å². The number of aliphatic hydroxyl groups is 2. The minimum atomic E-state index is -3.01. The molecule has 2 atom stereocenters. The van der Waals surface area contributed by atoms with Crippen LogP contribution in [0, 0.1) is 12.7 Å². The highest BCUT2D eigenvalue weighted by Gasteiger charge is 2.51. The second kappa shape index (κ2) is 13.7. The molecule has 0 saturated carbocycles. The molecule has 4 heterocycles. The SMILES string of the molecule is Cc1nn(-c2c(F)cccc2CN(C)C)cc1CN1CCC2(CC1)OCC(F)(F)c1cc(Cl)sc12.O=C(O)[C@H](O)[C@@H](O)C(=O)O. The number of thiophene rings is 1. The number of hydrogen-bond donors (Lipinski definition) is 4. The molecule has 4 N–H and O–H groups in total. The number of ether oxygens (including phenoxy) is 1. The summed E-state index contributed by atoms with van der Waals surface area (Å²) in [5, 5.41) is 37.1. The molecule has 0 aliphatic carbocycles. The van der Waals surface area contributed by atoms with Crippen LogP contribution in [0.1, 0.15) is 40.1 Å². The van der Waals surface area contributed by atoms with E-state index in [9.17, 15) is 22.8 Å². The molecule has 1 fully saturated rings.